The molecular formula is C19H18NO2PS. The van der Waals surface area contributed by atoms with Crippen molar-refractivity contribution in [2.45, 2.75) is 12.8 Å². The Morgan fingerprint density at radius 1 is 1.00 bits per heavy atom. The number of hydrogen-bond acceptors (Lipinski definition) is 4. The summed E-state index contributed by atoms with van der Waals surface area (Å²) in [6.07, 6.45) is 2.67. The van der Waals surface area contributed by atoms with E-state index in [1.807, 2.05) is 53.9 Å². The second-order valence-electron chi connectivity index (χ2n) is 5.53. The van der Waals surface area contributed by atoms with E-state index in [9.17, 15) is 9.36 Å². The molecule has 1 unspecified atom stereocenters. The third-order valence-electron chi connectivity index (χ3n) is 3.85. The minimum atomic E-state index is -2.90. The standard InChI is InChI=1S/C19H18NO2PS/c21-16(15-18-9-6-14-24-18)11-13-23(22,17-7-2-1-3-8-17)19-10-4-5-12-20-19/h1-10,12,14H,11,13,15H2. The smallest absolute Gasteiger partial charge is 0.161 e. The molecule has 3 aromatic rings. The highest BCUT2D eigenvalue weighted by molar-refractivity contribution is 7.78. The van der Waals surface area contributed by atoms with Gasteiger partial charge in [0, 0.05) is 35.4 Å². The van der Waals surface area contributed by atoms with Crippen molar-refractivity contribution in [1.29, 1.82) is 0 Å². The molecule has 5 heteroatoms. The molecule has 0 aliphatic carbocycles. The Morgan fingerprint density at radius 3 is 2.46 bits per heavy atom. The SMILES string of the molecule is O=C(CCP(=O)(c1ccccc1)c1ccccn1)Cc1cccs1. The number of aromatic nitrogens is 1. The topological polar surface area (TPSA) is 47.0 Å². The lowest BCUT2D eigenvalue weighted by molar-refractivity contribution is -0.118. The van der Waals surface area contributed by atoms with Gasteiger partial charge in [-0.05, 0) is 23.6 Å². The average molecular weight is 355 g/mol. The predicted octanol–water partition coefficient (Wildman–Crippen LogP) is 3.66. The number of pyridine rings is 1. The third kappa shape index (κ3) is 3.89. The highest BCUT2D eigenvalue weighted by Crippen LogP contribution is 2.43. The van der Waals surface area contributed by atoms with Crippen molar-refractivity contribution in [3.63, 3.8) is 0 Å². The predicted molar refractivity (Wildman–Crippen MR) is 100 cm³/mol. The van der Waals surface area contributed by atoms with Crippen molar-refractivity contribution in [2.24, 2.45) is 0 Å². The summed E-state index contributed by atoms with van der Waals surface area (Å²) in [5.74, 6) is 0.115. The molecule has 24 heavy (non-hydrogen) atoms. The maximum atomic E-state index is 13.7. The van der Waals surface area contributed by atoms with Crippen LogP contribution in [0.2, 0.25) is 0 Å². The average Bonchev–Trinajstić information content (AvgIpc) is 3.14. The molecule has 0 N–H and O–H groups in total. The molecular weight excluding hydrogens is 337 g/mol. The van der Waals surface area contributed by atoms with Gasteiger partial charge < -0.3 is 4.57 Å². The summed E-state index contributed by atoms with van der Waals surface area (Å²) >= 11 is 1.58. The molecule has 0 aliphatic rings. The van der Waals surface area contributed by atoms with Crippen LogP contribution in [0.3, 0.4) is 0 Å². The minimum absolute atomic E-state index is 0.115. The Balaban J connectivity index is 1.81. The minimum Gasteiger partial charge on any atom is -0.312 e. The molecule has 0 bridgehead atoms. The quantitative estimate of drug-likeness (QED) is 0.608. The summed E-state index contributed by atoms with van der Waals surface area (Å²) in [5.41, 5.74) is 0.570. The van der Waals surface area contributed by atoms with Crippen molar-refractivity contribution in [3.8, 4) is 0 Å². The molecule has 0 radical (unpaired) electrons. The fraction of sp³-hybridized carbons (Fsp3) is 0.158. The highest BCUT2D eigenvalue weighted by atomic mass is 32.1. The van der Waals surface area contributed by atoms with Gasteiger partial charge in [-0.25, -0.2) is 0 Å². The molecule has 0 fully saturated rings. The molecule has 3 nitrogen and oxygen atoms in total. The van der Waals surface area contributed by atoms with E-state index < -0.39 is 7.14 Å². The molecule has 0 saturated heterocycles. The summed E-state index contributed by atoms with van der Waals surface area (Å²) in [6, 6.07) is 18.7. The largest absolute Gasteiger partial charge is 0.312 e. The van der Waals surface area contributed by atoms with Crippen molar-refractivity contribution in [3.05, 3.63) is 77.1 Å². The van der Waals surface area contributed by atoms with E-state index in [-0.39, 0.29) is 5.78 Å². The molecule has 3 rings (SSSR count). The summed E-state index contributed by atoms with van der Waals surface area (Å²) in [7, 11) is -2.90. The van der Waals surface area contributed by atoms with Gasteiger partial charge in [0.1, 0.15) is 11.2 Å². The van der Waals surface area contributed by atoms with E-state index in [1.54, 1.807) is 29.7 Å². The second kappa shape index (κ2) is 7.69. The number of carbonyl (C=O) groups is 1. The van der Waals surface area contributed by atoms with Gasteiger partial charge >= 0.3 is 0 Å². The molecule has 1 atom stereocenters. The Morgan fingerprint density at radius 2 is 1.79 bits per heavy atom. The first-order valence-electron chi connectivity index (χ1n) is 7.79. The molecule has 2 heterocycles. The van der Waals surface area contributed by atoms with Gasteiger partial charge in [-0.3, -0.25) is 9.78 Å². The zero-order valence-electron chi connectivity index (χ0n) is 13.2. The number of hydrogen-bond donors (Lipinski definition) is 0. The maximum absolute atomic E-state index is 13.7. The Labute approximate surface area is 145 Å². The number of nitrogens with zero attached hydrogens (tertiary/aromatic N) is 1. The van der Waals surface area contributed by atoms with E-state index >= 15 is 0 Å². The zero-order chi connectivity index (χ0) is 16.8. The highest BCUT2D eigenvalue weighted by Gasteiger charge is 2.29. The number of rotatable bonds is 7. The van der Waals surface area contributed by atoms with Gasteiger partial charge in [0.05, 0.1) is 0 Å². The van der Waals surface area contributed by atoms with Crippen molar-refractivity contribution in [2.75, 3.05) is 6.16 Å². The summed E-state index contributed by atoms with van der Waals surface area (Å²) < 4.78 is 13.7. The van der Waals surface area contributed by atoms with Gasteiger partial charge in [0.15, 0.2) is 7.14 Å². The van der Waals surface area contributed by atoms with Gasteiger partial charge in [0.2, 0.25) is 0 Å². The Kier molecular flexibility index (Phi) is 5.39. The molecule has 0 saturated carbocycles. The summed E-state index contributed by atoms with van der Waals surface area (Å²) in [4.78, 5) is 17.6. The lowest BCUT2D eigenvalue weighted by atomic mass is 10.2. The van der Waals surface area contributed by atoms with E-state index in [4.69, 9.17) is 0 Å². The molecule has 0 aliphatic heterocycles. The molecule has 0 spiro atoms. The van der Waals surface area contributed by atoms with E-state index in [0.717, 1.165) is 10.2 Å². The normalized spacial score (nSPS) is 13.3. The number of Topliss-reactive ketones (excluding diaryl/α,β-unsaturated/α-hetero) is 1. The monoisotopic (exact) mass is 355 g/mol. The van der Waals surface area contributed by atoms with Gasteiger partial charge in [-0.15, -0.1) is 11.3 Å². The Bertz CT molecular complexity index is 789. The van der Waals surface area contributed by atoms with Crippen LogP contribution in [0, 0.1) is 0 Å². The van der Waals surface area contributed by atoms with E-state index in [2.05, 4.69) is 4.98 Å². The van der Waals surface area contributed by atoms with E-state index in [1.165, 1.54) is 0 Å². The molecule has 0 amide bonds. The molecule has 122 valence electrons. The number of ketones is 1. The van der Waals surface area contributed by atoms with Crippen LogP contribution in [0.5, 0.6) is 0 Å². The van der Waals surface area contributed by atoms with Gasteiger partial charge in [0.25, 0.3) is 0 Å². The van der Waals surface area contributed by atoms with Crippen LogP contribution in [0.25, 0.3) is 0 Å². The lowest BCUT2D eigenvalue weighted by Crippen LogP contribution is -2.22. The van der Waals surface area contributed by atoms with Crippen LogP contribution in [0.15, 0.2) is 72.2 Å². The van der Waals surface area contributed by atoms with Crippen LogP contribution in [-0.2, 0) is 15.8 Å². The first kappa shape index (κ1) is 16.8. The van der Waals surface area contributed by atoms with Crippen LogP contribution < -0.4 is 10.7 Å². The fourth-order valence-electron chi connectivity index (χ4n) is 2.59. The van der Waals surface area contributed by atoms with Crippen molar-refractivity contribution >= 4 is 35.0 Å². The fourth-order valence-corrected chi connectivity index (χ4v) is 5.87. The third-order valence-corrected chi connectivity index (χ3v) is 7.72. The van der Waals surface area contributed by atoms with Gasteiger partial charge in [-0.2, -0.15) is 0 Å². The van der Waals surface area contributed by atoms with Crippen LogP contribution in [-0.4, -0.2) is 16.9 Å². The lowest BCUT2D eigenvalue weighted by Gasteiger charge is -2.17. The summed E-state index contributed by atoms with van der Waals surface area (Å²) in [6.45, 7) is 0. The van der Waals surface area contributed by atoms with Crippen LogP contribution >= 0.6 is 18.5 Å². The number of thiophene rings is 1. The molecule has 2 aromatic heterocycles. The van der Waals surface area contributed by atoms with Crippen molar-refractivity contribution < 1.29 is 9.36 Å². The van der Waals surface area contributed by atoms with Crippen LogP contribution in [0.4, 0.5) is 0 Å². The van der Waals surface area contributed by atoms with Crippen LogP contribution in [0.1, 0.15) is 11.3 Å². The number of carbonyl (C=O) groups excluding carboxylic acids is 1. The molecule has 1 aromatic carbocycles. The number of benzene rings is 1. The second-order valence-corrected chi connectivity index (χ2v) is 9.47. The Hall–Kier alpha value is -2.03. The zero-order valence-corrected chi connectivity index (χ0v) is 14.9. The summed E-state index contributed by atoms with van der Waals surface area (Å²) in [5, 5.41) is 2.72. The first-order valence-corrected chi connectivity index (χ1v) is 10.6. The van der Waals surface area contributed by atoms with Crippen molar-refractivity contribution in [1.82, 2.24) is 4.98 Å². The van der Waals surface area contributed by atoms with Gasteiger partial charge in [-0.1, -0.05) is 42.5 Å². The maximum Gasteiger partial charge on any atom is 0.161 e. The van der Waals surface area contributed by atoms with E-state index in [0.29, 0.717) is 24.4 Å². The first-order chi connectivity index (χ1) is 11.7.